The van der Waals surface area contributed by atoms with Crippen LogP contribution < -0.4 is 0 Å². The fourth-order valence-corrected chi connectivity index (χ4v) is 3.36. The van der Waals surface area contributed by atoms with Gasteiger partial charge in [0.05, 0.1) is 6.61 Å². The molecule has 33 heavy (non-hydrogen) atoms. The van der Waals surface area contributed by atoms with E-state index in [4.69, 9.17) is 28.4 Å². The molecule has 0 saturated carbocycles. The van der Waals surface area contributed by atoms with E-state index in [9.17, 15) is 24.3 Å². The van der Waals surface area contributed by atoms with E-state index in [0.29, 0.717) is 0 Å². The van der Waals surface area contributed by atoms with Crippen molar-refractivity contribution in [3.63, 3.8) is 0 Å². The zero-order valence-corrected chi connectivity index (χ0v) is 18.8. The second-order valence-corrected chi connectivity index (χ2v) is 7.35. The van der Waals surface area contributed by atoms with Crippen LogP contribution in [0, 0.1) is 0 Å². The first-order chi connectivity index (χ1) is 15.6. The lowest BCUT2D eigenvalue weighted by Gasteiger charge is -2.45. The van der Waals surface area contributed by atoms with Crippen molar-refractivity contribution in [2.45, 2.75) is 71.1 Å². The van der Waals surface area contributed by atoms with Crippen LogP contribution in [0.3, 0.4) is 0 Å². The van der Waals surface area contributed by atoms with Crippen LogP contribution in [0.1, 0.15) is 33.3 Å². The molecule has 0 amide bonds. The lowest BCUT2D eigenvalue weighted by atomic mass is 9.94. The van der Waals surface area contributed by atoms with Gasteiger partial charge in [-0.1, -0.05) is 30.3 Å². The highest BCUT2D eigenvalue weighted by molar-refractivity contribution is 5.68. The maximum Gasteiger partial charge on any atom is 0.303 e. The summed E-state index contributed by atoms with van der Waals surface area (Å²) < 4.78 is 32.3. The molecule has 2 rings (SSSR count). The molecule has 182 valence electrons. The molecule has 1 aliphatic heterocycles. The summed E-state index contributed by atoms with van der Waals surface area (Å²) in [6.07, 6.45) is -8.15. The summed E-state index contributed by atoms with van der Waals surface area (Å²) in [6.45, 7) is 4.15. The Morgan fingerprint density at radius 3 is 2.03 bits per heavy atom. The third-order valence-electron chi connectivity index (χ3n) is 4.57. The molecular formula is C22H28O11. The van der Waals surface area contributed by atoms with Crippen LogP contribution in [-0.4, -0.2) is 72.4 Å². The minimum Gasteiger partial charge on any atom is -0.462 e. The molecule has 6 atom stereocenters. The summed E-state index contributed by atoms with van der Waals surface area (Å²) in [5.41, 5.74) is 0.759. The van der Waals surface area contributed by atoms with E-state index in [0.717, 1.165) is 33.3 Å². The van der Waals surface area contributed by atoms with Crippen LogP contribution in [-0.2, 0) is 54.2 Å². The zero-order valence-electron chi connectivity index (χ0n) is 18.8. The van der Waals surface area contributed by atoms with Crippen LogP contribution in [0.4, 0.5) is 0 Å². The molecule has 11 heteroatoms. The Morgan fingerprint density at radius 1 is 0.879 bits per heavy atom. The second kappa shape index (κ2) is 12.3. The molecule has 1 aromatic carbocycles. The van der Waals surface area contributed by atoms with Gasteiger partial charge in [-0.25, -0.2) is 0 Å². The highest BCUT2D eigenvalue weighted by Gasteiger charge is 2.53. The first kappa shape index (κ1) is 26.2. The predicted octanol–water partition coefficient (Wildman–Crippen LogP) is 0.647. The third-order valence-corrected chi connectivity index (χ3v) is 4.57. The minimum atomic E-state index is -1.72. The molecule has 1 heterocycles. The van der Waals surface area contributed by atoms with Gasteiger partial charge in [-0.2, -0.15) is 0 Å². The minimum absolute atomic E-state index is 0.0165. The average Bonchev–Trinajstić information content (AvgIpc) is 2.72. The molecule has 0 aromatic heterocycles. The number of carbonyl (C=O) groups is 4. The van der Waals surface area contributed by atoms with Gasteiger partial charge in [0.25, 0.3) is 0 Å². The molecule has 1 saturated heterocycles. The van der Waals surface area contributed by atoms with Gasteiger partial charge < -0.3 is 33.5 Å². The topological polar surface area (TPSA) is 144 Å². The first-order valence-corrected chi connectivity index (χ1v) is 10.2. The number of esters is 4. The van der Waals surface area contributed by atoms with E-state index in [1.54, 1.807) is 24.3 Å². The molecule has 1 N–H and O–H groups in total. The first-order valence-electron chi connectivity index (χ1n) is 10.2. The maximum atomic E-state index is 11.9. The Balaban J connectivity index is 2.41. The van der Waals surface area contributed by atoms with Crippen LogP contribution in [0.15, 0.2) is 30.3 Å². The fraction of sp³-hybridized carbons (Fsp3) is 0.545. The van der Waals surface area contributed by atoms with Gasteiger partial charge in [0.15, 0.2) is 24.6 Å². The molecule has 1 fully saturated rings. The van der Waals surface area contributed by atoms with E-state index >= 15 is 0 Å². The Kier molecular flexibility index (Phi) is 9.76. The number of ether oxygens (including phenoxy) is 6. The number of benzene rings is 1. The third kappa shape index (κ3) is 8.12. The Labute approximate surface area is 190 Å². The van der Waals surface area contributed by atoms with Gasteiger partial charge in [-0.3, -0.25) is 19.2 Å². The number of hydrogen-bond donors (Lipinski definition) is 1. The van der Waals surface area contributed by atoms with Gasteiger partial charge >= 0.3 is 23.9 Å². The molecule has 0 spiro atoms. The summed E-state index contributed by atoms with van der Waals surface area (Å²) in [6, 6.07) is 8.99. The quantitative estimate of drug-likeness (QED) is 0.403. The largest absolute Gasteiger partial charge is 0.462 e. The lowest BCUT2D eigenvalue weighted by Crippen LogP contribution is -2.64. The molecule has 1 aliphatic rings. The highest BCUT2D eigenvalue weighted by Crippen LogP contribution is 2.31. The van der Waals surface area contributed by atoms with Gasteiger partial charge in [-0.05, 0) is 5.56 Å². The number of aliphatic hydroxyl groups excluding tert-OH is 1. The van der Waals surface area contributed by atoms with E-state index in [-0.39, 0.29) is 6.61 Å². The smallest absolute Gasteiger partial charge is 0.303 e. The van der Waals surface area contributed by atoms with Crippen molar-refractivity contribution in [1.29, 1.82) is 0 Å². The van der Waals surface area contributed by atoms with E-state index in [2.05, 4.69) is 0 Å². The van der Waals surface area contributed by atoms with Crippen molar-refractivity contribution in [3.8, 4) is 0 Å². The van der Waals surface area contributed by atoms with Crippen molar-refractivity contribution in [3.05, 3.63) is 35.9 Å². The monoisotopic (exact) mass is 468 g/mol. The highest BCUT2D eigenvalue weighted by atomic mass is 16.7. The van der Waals surface area contributed by atoms with E-state index in [1.807, 2.05) is 6.07 Å². The van der Waals surface area contributed by atoms with E-state index < -0.39 is 67.3 Å². The maximum absolute atomic E-state index is 11.9. The Bertz CT molecular complexity index is 825. The number of hydrogen-bond acceptors (Lipinski definition) is 11. The van der Waals surface area contributed by atoms with Crippen molar-refractivity contribution in [2.24, 2.45) is 0 Å². The van der Waals surface area contributed by atoms with Gasteiger partial charge in [0.1, 0.15) is 18.8 Å². The number of rotatable bonds is 9. The molecule has 1 aromatic rings. The van der Waals surface area contributed by atoms with Crippen LogP contribution in [0.5, 0.6) is 0 Å². The SMILES string of the molecule is CC(=O)OC[C@H](OC(C)=O)[C@H]1OC(O)[C@H](OC(C)=O)[C@@H](OCc2ccccc2)[C@@H]1OC(C)=O. The Hall–Kier alpha value is -3.02. The molecular weight excluding hydrogens is 440 g/mol. The van der Waals surface area contributed by atoms with Gasteiger partial charge in [0, 0.05) is 27.7 Å². The number of aliphatic hydroxyl groups is 1. The Morgan fingerprint density at radius 2 is 1.48 bits per heavy atom. The van der Waals surface area contributed by atoms with Crippen LogP contribution >= 0.6 is 0 Å². The van der Waals surface area contributed by atoms with Crippen molar-refractivity contribution in [1.82, 2.24) is 0 Å². The van der Waals surface area contributed by atoms with Crippen molar-refractivity contribution >= 4 is 23.9 Å². The predicted molar refractivity (Wildman–Crippen MR) is 109 cm³/mol. The summed E-state index contributed by atoms with van der Waals surface area (Å²) in [7, 11) is 0. The fourth-order valence-electron chi connectivity index (χ4n) is 3.36. The van der Waals surface area contributed by atoms with Crippen molar-refractivity contribution in [2.75, 3.05) is 6.61 Å². The summed E-state index contributed by atoms with van der Waals surface area (Å²) in [5, 5.41) is 10.6. The van der Waals surface area contributed by atoms with Gasteiger partial charge in [-0.15, -0.1) is 0 Å². The zero-order chi connectivity index (χ0) is 24.5. The molecule has 0 aliphatic carbocycles. The van der Waals surface area contributed by atoms with Crippen LogP contribution in [0.25, 0.3) is 0 Å². The summed E-state index contributed by atoms with van der Waals surface area (Å²) in [4.78, 5) is 46.5. The van der Waals surface area contributed by atoms with E-state index in [1.165, 1.54) is 0 Å². The molecule has 1 unspecified atom stereocenters. The molecule has 0 bridgehead atoms. The normalized spacial score (nSPS) is 25.4. The average molecular weight is 468 g/mol. The standard InChI is InChI=1S/C22H28O11/c1-12(23)28-11-17(30-13(2)24)18-20(31-14(3)25)19(21(22(27)33-18)32-15(4)26)29-10-16-8-6-5-7-9-16/h5-9,17-22,27H,10-11H2,1-4H3/t17-,18+,19-,20+,21+,22?/m0/s1. The lowest BCUT2D eigenvalue weighted by molar-refractivity contribution is -0.312. The van der Waals surface area contributed by atoms with Crippen LogP contribution in [0.2, 0.25) is 0 Å². The molecule has 11 nitrogen and oxygen atoms in total. The summed E-state index contributed by atoms with van der Waals surface area (Å²) >= 11 is 0. The summed E-state index contributed by atoms with van der Waals surface area (Å²) in [5.74, 6) is -2.83. The van der Waals surface area contributed by atoms with Crippen molar-refractivity contribution < 1.29 is 52.7 Å². The second-order valence-electron chi connectivity index (χ2n) is 7.35. The van der Waals surface area contributed by atoms with Gasteiger partial charge in [0.2, 0.25) is 0 Å². The number of carbonyl (C=O) groups excluding carboxylic acids is 4. The molecule has 0 radical (unpaired) electrons.